The molecule has 1 aromatic carbocycles. The third-order valence-electron chi connectivity index (χ3n) is 7.73. The Morgan fingerprint density at radius 1 is 1.03 bits per heavy atom. The van der Waals surface area contributed by atoms with Crippen LogP contribution in [0.1, 0.15) is 97.6 Å². The highest BCUT2D eigenvalue weighted by Crippen LogP contribution is 2.42. The van der Waals surface area contributed by atoms with Gasteiger partial charge < -0.3 is 5.73 Å². The van der Waals surface area contributed by atoms with Crippen LogP contribution in [0, 0.1) is 5.92 Å². The molecular weight excluding hydrogens is 370 g/mol. The smallest absolute Gasteiger partial charge is 0.0157 e. The second-order valence-electron chi connectivity index (χ2n) is 9.76. The molecule has 29 heavy (non-hydrogen) atoms. The van der Waals surface area contributed by atoms with Crippen molar-refractivity contribution in [3.05, 3.63) is 56.8 Å². The summed E-state index contributed by atoms with van der Waals surface area (Å²) < 4.78 is 0. The number of nitrogens with two attached hydrogens (primary N) is 1. The van der Waals surface area contributed by atoms with Crippen molar-refractivity contribution in [2.75, 3.05) is 0 Å². The van der Waals surface area contributed by atoms with Crippen molar-refractivity contribution < 1.29 is 0 Å². The third kappa shape index (κ3) is 5.14. The molecule has 0 unspecified atom stereocenters. The molecule has 1 aromatic heterocycles. The third-order valence-corrected chi connectivity index (χ3v) is 9.02. The van der Waals surface area contributed by atoms with Crippen LogP contribution in [0.15, 0.2) is 30.3 Å². The zero-order chi connectivity index (χ0) is 20.3. The van der Waals surface area contributed by atoms with Gasteiger partial charge in [-0.05, 0) is 105 Å². The number of unbranched alkanes of at least 4 members (excludes halogenated alkanes) is 1. The van der Waals surface area contributed by atoms with Crippen molar-refractivity contribution in [2.45, 2.75) is 102 Å². The molecule has 2 aliphatic carbocycles. The maximum absolute atomic E-state index is 6.55. The van der Waals surface area contributed by atoms with Gasteiger partial charge in [0, 0.05) is 15.3 Å². The normalized spacial score (nSPS) is 26.6. The number of rotatable bonds is 8. The van der Waals surface area contributed by atoms with Gasteiger partial charge in [-0.2, -0.15) is 0 Å². The van der Waals surface area contributed by atoms with Crippen molar-refractivity contribution in [1.82, 2.24) is 0 Å². The molecule has 1 heterocycles. The Balaban J connectivity index is 1.26. The van der Waals surface area contributed by atoms with Crippen LogP contribution in [-0.4, -0.2) is 5.54 Å². The van der Waals surface area contributed by atoms with Crippen LogP contribution in [0.5, 0.6) is 0 Å². The first-order valence-corrected chi connectivity index (χ1v) is 12.9. The molecule has 3 atom stereocenters. The van der Waals surface area contributed by atoms with Gasteiger partial charge in [0.25, 0.3) is 0 Å². The van der Waals surface area contributed by atoms with E-state index in [4.69, 9.17) is 5.73 Å². The lowest BCUT2D eigenvalue weighted by molar-refractivity contribution is 0.408. The van der Waals surface area contributed by atoms with Gasteiger partial charge in [0.05, 0.1) is 0 Å². The number of hydrogen-bond acceptors (Lipinski definition) is 2. The fraction of sp³-hybridized carbons (Fsp3) is 0.630. The van der Waals surface area contributed by atoms with E-state index in [0.29, 0.717) is 5.92 Å². The molecular formula is C27H39NS. The molecule has 2 aliphatic rings. The summed E-state index contributed by atoms with van der Waals surface area (Å²) in [5.74, 6) is 1.58. The average molecular weight is 410 g/mol. The predicted molar refractivity (Wildman–Crippen MR) is 127 cm³/mol. The van der Waals surface area contributed by atoms with Gasteiger partial charge in [0.15, 0.2) is 0 Å². The van der Waals surface area contributed by atoms with Gasteiger partial charge in [-0.15, -0.1) is 11.3 Å². The van der Waals surface area contributed by atoms with Gasteiger partial charge >= 0.3 is 0 Å². The first-order chi connectivity index (χ1) is 14.1. The van der Waals surface area contributed by atoms with Gasteiger partial charge in [0.1, 0.15) is 0 Å². The summed E-state index contributed by atoms with van der Waals surface area (Å²) in [4.78, 5) is 3.12. The zero-order valence-electron chi connectivity index (χ0n) is 18.5. The second-order valence-corrected chi connectivity index (χ2v) is 11.0. The van der Waals surface area contributed by atoms with E-state index in [1.54, 1.807) is 21.6 Å². The highest BCUT2D eigenvalue weighted by Gasteiger charge is 2.35. The van der Waals surface area contributed by atoms with Crippen LogP contribution in [0.2, 0.25) is 0 Å². The van der Waals surface area contributed by atoms with Crippen LogP contribution in [0.25, 0.3) is 0 Å². The highest BCUT2D eigenvalue weighted by atomic mass is 32.1. The SMILES string of the molecule is CCc1ccc(CCCC[C@@H]2CCc3cc([C@H]4CC[C@](N)(CC)C4)ccc3C2)s1. The molecule has 0 bridgehead atoms. The highest BCUT2D eigenvalue weighted by molar-refractivity contribution is 7.11. The van der Waals surface area contributed by atoms with Crippen molar-refractivity contribution in [1.29, 1.82) is 0 Å². The van der Waals surface area contributed by atoms with E-state index < -0.39 is 0 Å². The predicted octanol–water partition coefficient (Wildman–Crippen LogP) is 7.20. The summed E-state index contributed by atoms with van der Waals surface area (Å²) in [5, 5.41) is 0. The Hall–Kier alpha value is -1.12. The van der Waals surface area contributed by atoms with Gasteiger partial charge in [-0.25, -0.2) is 0 Å². The first kappa shape index (κ1) is 21.1. The van der Waals surface area contributed by atoms with E-state index in [0.717, 1.165) is 12.3 Å². The van der Waals surface area contributed by atoms with E-state index in [2.05, 4.69) is 44.2 Å². The minimum Gasteiger partial charge on any atom is -0.325 e. The number of hydrogen-bond donors (Lipinski definition) is 1. The summed E-state index contributed by atoms with van der Waals surface area (Å²) in [6, 6.07) is 12.1. The molecule has 2 aromatic rings. The van der Waals surface area contributed by atoms with Crippen molar-refractivity contribution in [2.24, 2.45) is 11.7 Å². The minimum absolute atomic E-state index is 0.0902. The van der Waals surface area contributed by atoms with Crippen LogP contribution in [0.4, 0.5) is 0 Å². The Labute approximate surface area is 182 Å². The lowest BCUT2D eigenvalue weighted by Gasteiger charge is -2.26. The molecule has 4 rings (SSSR count). The number of thiophene rings is 1. The van der Waals surface area contributed by atoms with E-state index in [1.165, 1.54) is 75.5 Å². The Bertz CT molecular complexity index is 807. The van der Waals surface area contributed by atoms with Crippen LogP contribution >= 0.6 is 11.3 Å². The van der Waals surface area contributed by atoms with Crippen molar-refractivity contribution in [3.63, 3.8) is 0 Å². The Morgan fingerprint density at radius 2 is 1.90 bits per heavy atom. The summed E-state index contributed by atoms with van der Waals surface area (Å²) in [6.07, 6.45) is 15.3. The van der Waals surface area contributed by atoms with E-state index in [9.17, 15) is 0 Å². The van der Waals surface area contributed by atoms with Crippen molar-refractivity contribution in [3.8, 4) is 0 Å². The van der Waals surface area contributed by atoms with Crippen LogP contribution in [0.3, 0.4) is 0 Å². The summed E-state index contributed by atoms with van der Waals surface area (Å²) in [5.41, 5.74) is 11.5. The standard InChI is InChI=1S/C27H39NS/c1-3-25-13-14-26(29-25)8-6-5-7-20-9-10-22-18-23(12-11-21(22)17-20)24-15-16-27(28,4-2)19-24/h11-14,18,20,24H,3-10,15-17,19,28H2,1-2H3/t20-,24+,27-/m1/s1. The Morgan fingerprint density at radius 3 is 2.66 bits per heavy atom. The number of fused-ring (bicyclic) bond motifs is 1. The molecule has 1 fully saturated rings. The second kappa shape index (κ2) is 9.35. The molecule has 0 amide bonds. The van der Waals surface area contributed by atoms with Gasteiger partial charge in [0.2, 0.25) is 0 Å². The quantitative estimate of drug-likeness (QED) is 0.458. The van der Waals surface area contributed by atoms with Crippen LogP contribution in [-0.2, 0) is 25.7 Å². The number of aryl methyl sites for hydroxylation is 3. The van der Waals surface area contributed by atoms with Crippen LogP contribution < -0.4 is 5.73 Å². The summed E-state index contributed by atoms with van der Waals surface area (Å²) in [7, 11) is 0. The van der Waals surface area contributed by atoms with Gasteiger partial charge in [-0.1, -0.05) is 44.9 Å². The topological polar surface area (TPSA) is 26.0 Å². The molecule has 0 radical (unpaired) electrons. The molecule has 0 spiro atoms. The monoisotopic (exact) mass is 409 g/mol. The lowest BCUT2D eigenvalue weighted by atomic mass is 9.79. The van der Waals surface area contributed by atoms with E-state index in [1.807, 2.05) is 11.3 Å². The van der Waals surface area contributed by atoms with Crippen molar-refractivity contribution >= 4 is 11.3 Å². The van der Waals surface area contributed by atoms with E-state index >= 15 is 0 Å². The molecule has 158 valence electrons. The maximum atomic E-state index is 6.55. The lowest BCUT2D eigenvalue weighted by Crippen LogP contribution is -2.35. The Kier molecular flexibility index (Phi) is 6.81. The molecule has 1 saturated carbocycles. The fourth-order valence-corrected chi connectivity index (χ4v) is 6.59. The number of benzene rings is 1. The molecule has 0 aliphatic heterocycles. The summed E-state index contributed by atoms with van der Waals surface area (Å²) >= 11 is 2.01. The fourth-order valence-electron chi connectivity index (χ4n) is 5.59. The first-order valence-electron chi connectivity index (χ1n) is 12.1. The maximum Gasteiger partial charge on any atom is 0.0157 e. The average Bonchev–Trinajstić information content (AvgIpc) is 3.38. The molecule has 2 heteroatoms. The zero-order valence-corrected chi connectivity index (χ0v) is 19.3. The minimum atomic E-state index is 0.0902. The molecule has 0 saturated heterocycles. The molecule has 2 N–H and O–H groups in total. The largest absolute Gasteiger partial charge is 0.325 e. The summed E-state index contributed by atoms with van der Waals surface area (Å²) in [6.45, 7) is 4.50. The van der Waals surface area contributed by atoms with Gasteiger partial charge in [-0.3, -0.25) is 0 Å². The molecule has 1 nitrogen and oxygen atoms in total. The van der Waals surface area contributed by atoms with E-state index in [-0.39, 0.29) is 5.54 Å².